The Morgan fingerprint density at radius 2 is 1.68 bits per heavy atom. The van der Waals surface area contributed by atoms with Gasteiger partial charge in [0.1, 0.15) is 0 Å². The SMILES string of the molecule is C=C(CC[C@@H](C)[C@H]1CC[C@@]2(C)C3CCC4[C@H](C)[C@H](O)CC[C@@]45C[C@@]35CC[C@]12C)C(C)C. The van der Waals surface area contributed by atoms with E-state index < -0.39 is 0 Å². The van der Waals surface area contributed by atoms with E-state index in [2.05, 4.69) is 48.1 Å². The summed E-state index contributed by atoms with van der Waals surface area (Å²) in [5.74, 6) is 4.63. The minimum absolute atomic E-state index is 0.0356. The maximum absolute atomic E-state index is 10.6. The van der Waals surface area contributed by atoms with Crippen molar-refractivity contribution in [2.45, 2.75) is 118 Å². The molecular weight excluding hydrogens is 376 g/mol. The molecule has 10 atom stereocenters. The lowest BCUT2D eigenvalue weighted by molar-refractivity contribution is -0.142. The zero-order valence-electron chi connectivity index (χ0n) is 21.5. The summed E-state index contributed by atoms with van der Waals surface area (Å²) in [6.07, 6.45) is 15.1. The van der Waals surface area contributed by atoms with Crippen molar-refractivity contribution in [3.63, 3.8) is 0 Å². The monoisotopic (exact) mass is 426 g/mol. The normalized spacial score (nSPS) is 53.9. The fourth-order valence-corrected chi connectivity index (χ4v) is 10.9. The average Bonchev–Trinajstić information content (AvgIpc) is 3.31. The van der Waals surface area contributed by atoms with Gasteiger partial charge in [-0.05, 0) is 128 Å². The van der Waals surface area contributed by atoms with E-state index in [1.807, 2.05) is 0 Å². The van der Waals surface area contributed by atoms with Gasteiger partial charge in [-0.1, -0.05) is 53.7 Å². The molecule has 0 radical (unpaired) electrons. The predicted molar refractivity (Wildman–Crippen MR) is 131 cm³/mol. The summed E-state index contributed by atoms with van der Waals surface area (Å²) in [4.78, 5) is 0. The van der Waals surface area contributed by atoms with Gasteiger partial charge in [-0.15, -0.1) is 0 Å². The van der Waals surface area contributed by atoms with Crippen LogP contribution in [0.15, 0.2) is 12.2 Å². The maximum atomic E-state index is 10.6. The molecule has 1 nitrogen and oxygen atoms in total. The quantitative estimate of drug-likeness (QED) is 0.441. The van der Waals surface area contributed by atoms with Crippen molar-refractivity contribution in [3.05, 3.63) is 12.2 Å². The molecule has 176 valence electrons. The Kier molecular flexibility index (Phi) is 5.15. The lowest BCUT2D eigenvalue weighted by Gasteiger charge is -2.62. The standard InChI is InChI=1S/C30H50O/c1-19(2)20(3)8-9-21(4)23-12-14-28(7)26-11-10-24-22(5)25(31)13-15-29(24)18-30(26,29)17-16-27(23,28)6/h19,21-26,31H,3,8-18H2,1-2,4-7H3/t21-,22+,23-,24?,25-,26?,27-,28+,29-,30+/m1/s1. The van der Waals surface area contributed by atoms with Crippen molar-refractivity contribution in [2.75, 3.05) is 0 Å². The summed E-state index contributed by atoms with van der Waals surface area (Å²) >= 11 is 0. The third kappa shape index (κ3) is 2.77. The molecule has 2 unspecified atom stereocenters. The highest BCUT2D eigenvalue weighted by Gasteiger charge is 2.81. The molecular formula is C30H50O. The molecule has 5 saturated carbocycles. The van der Waals surface area contributed by atoms with Gasteiger partial charge in [-0.25, -0.2) is 0 Å². The molecule has 0 aliphatic heterocycles. The molecule has 5 aliphatic carbocycles. The van der Waals surface area contributed by atoms with Crippen molar-refractivity contribution in [3.8, 4) is 0 Å². The molecule has 5 aliphatic rings. The van der Waals surface area contributed by atoms with E-state index in [1.165, 1.54) is 69.8 Å². The van der Waals surface area contributed by atoms with Gasteiger partial charge in [0.05, 0.1) is 6.10 Å². The summed E-state index contributed by atoms with van der Waals surface area (Å²) in [5.41, 5.74) is 3.76. The van der Waals surface area contributed by atoms with Crippen molar-refractivity contribution < 1.29 is 5.11 Å². The van der Waals surface area contributed by atoms with Crippen LogP contribution in [0.4, 0.5) is 0 Å². The van der Waals surface area contributed by atoms with Crippen LogP contribution in [0, 0.1) is 57.2 Å². The lowest BCUT2D eigenvalue weighted by atomic mass is 9.43. The van der Waals surface area contributed by atoms with Gasteiger partial charge >= 0.3 is 0 Å². The first kappa shape index (κ1) is 22.5. The van der Waals surface area contributed by atoms with Crippen molar-refractivity contribution >= 4 is 0 Å². The van der Waals surface area contributed by atoms with Crippen LogP contribution in [0.2, 0.25) is 0 Å². The zero-order valence-corrected chi connectivity index (χ0v) is 21.5. The summed E-state index contributed by atoms with van der Waals surface area (Å²) < 4.78 is 0. The van der Waals surface area contributed by atoms with Crippen LogP contribution < -0.4 is 0 Å². The summed E-state index contributed by atoms with van der Waals surface area (Å²) in [5, 5.41) is 10.6. The molecule has 0 aromatic heterocycles. The largest absolute Gasteiger partial charge is 0.393 e. The van der Waals surface area contributed by atoms with Gasteiger partial charge < -0.3 is 5.11 Å². The molecule has 1 N–H and O–H groups in total. The third-order valence-electron chi connectivity index (χ3n) is 13.1. The minimum atomic E-state index is -0.0356. The Labute approximate surface area is 192 Å². The minimum Gasteiger partial charge on any atom is -0.393 e. The van der Waals surface area contributed by atoms with Crippen LogP contribution >= 0.6 is 0 Å². The van der Waals surface area contributed by atoms with E-state index in [-0.39, 0.29) is 6.10 Å². The molecule has 0 aromatic carbocycles. The molecule has 5 rings (SSSR count). The molecule has 5 fully saturated rings. The molecule has 0 saturated heterocycles. The van der Waals surface area contributed by atoms with Crippen LogP contribution in [-0.4, -0.2) is 11.2 Å². The first-order valence-corrected chi connectivity index (χ1v) is 13.9. The van der Waals surface area contributed by atoms with E-state index >= 15 is 0 Å². The van der Waals surface area contributed by atoms with E-state index in [4.69, 9.17) is 0 Å². The topological polar surface area (TPSA) is 20.2 Å². The van der Waals surface area contributed by atoms with Crippen LogP contribution in [0.25, 0.3) is 0 Å². The number of rotatable bonds is 5. The molecule has 31 heavy (non-hydrogen) atoms. The van der Waals surface area contributed by atoms with E-state index in [9.17, 15) is 5.11 Å². The first-order valence-electron chi connectivity index (χ1n) is 13.9. The Morgan fingerprint density at radius 3 is 2.39 bits per heavy atom. The van der Waals surface area contributed by atoms with Gasteiger partial charge in [0.2, 0.25) is 0 Å². The summed E-state index contributed by atoms with van der Waals surface area (Å²) in [7, 11) is 0. The maximum Gasteiger partial charge on any atom is 0.0568 e. The second-order valence-electron chi connectivity index (χ2n) is 14.0. The fourth-order valence-electron chi connectivity index (χ4n) is 10.9. The third-order valence-corrected chi connectivity index (χ3v) is 13.1. The highest BCUT2D eigenvalue weighted by atomic mass is 16.3. The summed E-state index contributed by atoms with van der Waals surface area (Å²) in [6.45, 7) is 19.4. The van der Waals surface area contributed by atoms with Crippen LogP contribution in [0.3, 0.4) is 0 Å². The Balaban J connectivity index is 1.37. The van der Waals surface area contributed by atoms with Crippen molar-refractivity contribution in [1.82, 2.24) is 0 Å². The van der Waals surface area contributed by atoms with Gasteiger partial charge in [-0.2, -0.15) is 0 Å². The zero-order chi connectivity index (χ0) is 22.4. The second kappa shape index (κ2) is 7.10. The highest BCUT2D eigenvalue weighted by Crippen LogP contribution is 2.88. The molecule has 2 spiro atoms. The molecule has 0 amide bonds. The van der Waals surface area contributed by atoms with Gasteiger partial charge in [-0.3, -0.25) is 0 Å². The number of hydrogen-bond donors (Lipinski definition) is 1. The van der Waals surface area contributed by atoms with Crippen molar-refractivity contribution in [1.29, 1.82) is 0 Å². The average molecular weight is 427 g/mol. The van der Waals surface area contributed by atoms with Crippen LogP contribution in [0.1, 0.15) is 112 Å². The van der Waals surface area contributed by atoms with Crippen molar-refractivity contribution in [2.24, 2.45) is 57.2 Å². The Morgan fingerprint density at radius 1 is 0.935 bits per heavy atom. The highest BCUT2D eigenvalue weighted by molar-refractivity contribution is 5.29. The predicted octanol–water partition coefficient (Wildman–Crippen LogP) is 8.02. The fraction of sp³-hybridized carbons (Fsp3) is 0.933. The first-order chi connectivity index (χ1) is 14.5. The van der Waals surface area contributed by atoms with Gasteiger partial charge in [0.15, 0.2) is 0 Å². The number of fused-ring (bicyclic) bond motifs is 2. The molecule has 0 heterocycles. The van der Waals surface area contributed by atoms with E-state index in [0.29, 0.717) is 33.5 Å². The van der Waals surface area contributed by atoms with E-state index in [1.54, 1.807) is 0 Å². The summed E-state index contributed by atoms with van der Waals surface area (Å²) in [6, 6.07) is 0. The van der Waals surface area contributed by atoms with Gasteiger partial charge in [0.25, 0.3) is 0 Å². The molecule has 1 heteroatoms. The number of aliphatic hydroxyl groups excluding tert-OH is 1. The Bertz CT molecular complexity index is 739. The van der Waals surface area contributed by atoms with E-state index in [0.717, 1.165) is 30.1 Å². The number of aliphatic hydroxyl groups is 1. The Hall–Kier alpha value is -0.300. The van der Waals surface area contributed by atoms with Crippen LogP contribution in [-0.2, 0) is 0 Å². The van der Waals surface area contributed by atoms with Gasteiger partial charge in [0, 0.05) is 0 Å². The number of hydrogen-bond acceptors (Lipinski definition) is 1. The lowest BCUT2D eigenvalue weighted by Crippen LogP contribution is -2.55. The second-order valence-corrected chi connectivity index (χ2v) is 14.0. The van der Waals surface area contributed by atoms with Crippen LogP contribution in [0.5, 0.6) is 0 Å². The molecule has 0 aromatic rings. The molecule has 0 bridgehead atoms. The number of allylic oxidation sites excluding steroid dienone is 1. The smallest absolute Gasteiger partial charge is 0.0568 e.